The predicted octanol–water partition coefficient (Wildman–Crippen LogP) is 3.73. The quantitative estimate of drug-likeness (QED) is 0.887. The molecule has 0 amide bonds. The highest BCUT2D eigenvalue weighted by Crippen LogP contribution is 2.42. The van der Waals surface area contributed by atoms with Crippen molar-refractivity contribution in [3.8, 4) is 0 Å². The average Bonchev–Trinajstić information content (AvgIpc) is 2.85. The van der Waals surface area contributed by atoms with Crippen LogP contribution < -0.4 is 5.73 Å². The van der Waals surface area contributed by atoms with E-state index in [1.165, 1.54) is 17.7 Å². The Labute approximate surface area is 108 Å². The zero-order valence-electron chi connectivity index (χ0n) is 10.8. The molecule has 1 heterocycles. The zero-order chi connectivity index (χ0) is 12.3. The molecular formula is C14H23NOS. The standard InChI is InChI=1S/C14H23NOS/c1-3-16-14(8-6-11(2)7-9-14)13(15)12-5-4-10-17-12/h4-5,10-11,13H,3,6-9,15H2,1-2H3. The van der Waals surface area contributed by atoms with Crippen LogP contribution in [-0.2, 0) is 4.74 Å². The molecular weight excluding hydrogens is 230 g/mol. The van der Waals surface area contributed by atoms with E-state index in [1.807, 2.05) is 0 Å². The molecule has 2 nitrogen and oxygen atoms in total. The van der Waals surface area contributed by atoms with Gasteiger partial charge >= 0.3 is 0 Å². The van der Waals surface area contributed by atoms with Crippen LogP contribution in [0.5, 0.6) is 0 Å². The molecule has 1 unspecified atom stereocenters. The lowest BCUT2D eigenvalue weighted by Gasteiger charge is -2.43. The minimum absolute atomic E-state index is 0.0370. The van der Waals surface area contributed by atoms with Crippen LogP contribution in [0.4, 0.5) is 0 Å². The summed E-state index contributed by atoms with van der Waals surface area (Å²) in [5, 5.41) is 2.10. The molecule has 1 atom stereocenters. The average molecular weight is 253 g/mol. The van der Waals surface area contributed by atoms with Crippen molar-refractivity contribution in [2.75, 3.05) is 6.61 Å². The first kappa shape index (κ1) is 13.1. The lowest BCUT2D eigenvalue weighted by atomic mass is 9.75. The molecule has 0 saturated heterocycles. The van der Waals surface area contributed by atoms with Crippen LogP contribution in [-0.4, -0.2) is 12.2 Å². The van der Waals surface area contributed by atoms with Gasteiger partial charge < -0.3 is 10.5 Å². The predicted molar refractivity (Wildman–Crippen MR) is 73.2 cm³/mol. The first-order valence-electron chi connectivity index (χ1n) is 6.61. The SMILES string of the molecule is CCOC1(C(N)c2cccs2)CCC(C)CC1. The molecule has 1 aliphatic rings. The maximum absolute atomic E-state index is 6.47. The van der Waals surface area contributed by atoms with Gasteiger partial charge in [-0.2, -0.15) is 0 Å². The van der Waals surface area contributed by atoms with E-state index in [2.05, 4.69) is 31.4 Å². The van der Waals surface area contributed by atoms with E-state index in [1.54, 1.807) is 11.3 Å². The Morgan fingerprint density at radius 2 is 2.24 bits per heavy atom. The third kappa shape index (κ3) is 2.72. The van der Waals surface area contributed by atoms with Gasteiger partial charge in [-0.05, 0) is 50.0 Å². The second-order valence-electron chi connectivity index (χ2n) is 5.17. The maximum Gasteiger partial charge on any atom is 0.0882 e. The van der Waals surface area contributed by atoms with Gasteiger partial charge in [-0.3, -0.25) is 0 Å². The van der Waals surface area contributed by atoms with E-state index >= 15 is 0 Å². The fraction of sp³-hybridized carbons (Fsp3) is 0.714. The van der Waals surface area contributed by atoms with Gasteiger partial charge in [0.05, 0.1) is 11.6 Å². The molecule has 0 bridgehead atoms. The number of hydrogen-bond donors (Lipinski definition) is 1. The van der Waals surface area contributed by atoms with Crippen molar-refractivity contribution in [1.29, 1.82) is 0 Å². The fourth-order valence-corrected chi connectivity index (χ4v) is 3.64. The monoisotopic (exact) mass is 253 g/mol. The highest BCUT2D eigenvalue weighted by molar-refractivity contribution is 7.10. The van der Waals surface area contributed by atoms with Crippen molar-refractivity contribution < 1.29 is 4.74 Å². The van der Waals surface area contributed by atoms with Crippen LogP contribution in [0.15, 0.2) is 17.5 Å². The van der Waals surface area contributed by atoms with Gasteiger partial charge in [-0.15, -0.1) is 11.3 Å². The summed E-state index contributed by atoms with van der Waals surface area (Å²) in [6.07, 6.45) is 4.67. The molecule has 2 N–H and O–H groups in total. The molecule has 0 aliphatic heterocycles. The van der Waals surface area contributed by atoms with E-state index in [0.29, 0.717) is 0 Å². The minimum atomic E-state index is -0.119. The van der Waals surface area contributed by atoms with Crippen LogP contribution in [0.25, 0.3) is 0 Å². The lowest BCUT2D eigenvalue weighted by molar-refractivity contribution is -0.0890. The lowest BCUT2D eigenvalue weighted by Crippen LogP contribution is -2.46. The fourth-order valence-electron chi connectivity index (χ4n) is 2.81. The third-order valence-corrected chi connectivity index (χ3v) is 4.92. The van der Waals surface area contributed by atoms with Crippen molar-refractivity contribution in [2.45, 2.75) is 51.2 Å². The Balaban J connectivity index is 2.16. The summed E-state index contributed by atoms with van der Waals surface area (Å²) >= 11 is 1.74. The number of thiophene rings is 1. The summed E-state index contributed by atoms with van der Waals surface area (Å²) in [5.41, 5.74) is 6.35. The zero-order valence-corrected chi connectivity index (χ0v) is 11.6. The Kier molecular flexibility index (Phi) is 4.23. The van der Waals surface area contributed by atoms with Gasteiger partial charge in [0.15, 0.2) is 0 Å². The van der Waals surface area contributed by atoms with Crippen molar-refractivity contribution in [1.82, 2.24) is 0 Å². The van der Waals surface area contributed by atoms with E-state index in [9.17, 15) is 0 Å². The van der Waals surface area contributed by atoms with Crippen LogP contribution in [0, 0.1) is 5.92 Å². The first-order chi connectivity index (χ1) is 8.18. The maximum atomic E-state index is 6.47. The van der Waals surface area contributed by atoms with Gasteiger partial charge in [-0.25, -0.2) is 0 Å². The minimum Gasteiger partial charge on any atom is -0.373 e. The van der Waals surface area contributed by atoms with Crippen LogP contribution in [0.2, 0.25) is 0 Å². The number of nitrogens with two attached hydrogens (primary N) is 1. The van der Waals surface area contributed by atoms with Gasteiger partial charge in [0.1, 0.15) is 0 Å². The summed E-state index contributed by atoms with van der Waals surface area (Å²) < 4.78 is 6.09. The highest BCUT2D eigenvalue weighted by Gasteiger charge is 2.41. The molecule has 1 fully saturated rings. The number of hydrogen-bond acceptors (Lipinski definition) is 3. The molecule has 1 aromatic heterocycles. The largest absolute Gasteiger partial charge is 0.373 e. The molecule has 0 spiro atoms. The molecule has 0 aromatic carbocycles. The molecule has 96 valence electrons. The number of ether oxygens (including phenoxy) is 1. The Morgan fingerprint density at radius 1 is 1.53 bits per heavy atom. The van der Waals surface area contributed by atoms with Crippen LogP contribution in [0.1, 0.15) is 50.4 Å². The molecule has 3 heteroatoms. The van der Waals surface area contributed by atoms with Gasteiger partial charge in [0, 0.05) is 11.5 Å². The van der Waals surface area contributed by atoms with Gasteiger partial charge in [0.25, 0.3) is 0 Å². The normalized spacial score (nSPS) is 31.4. The summed E-state index contributed by atoms with van der Waals surface area (Å²) in [4.78, 5) is 1.26. The Hall–Kier alpha value is -0.380. The summed E-state index contributed by atoms with van der Waals surface area (Å²) in [7, 11) is 0. The topological polar surface area (TPSA) is 35.2 Å². The van der Waals surface area contributed by atoms with Crippen molar-refractivity contribution in [3.63, 3.8) is 0 Å². The Bertz CT molecular complexity index is 328. The van der Waals surface area contributed by atoms with Crippen molar-refractivity contribution >= 4 is 11.3 Å². The van der Waals surface area contributed by atoms with Gasteiger partial charge in [-0.1, -0.05) is 13.0 Å². The molecule has 1 aliphatic carbocycles. The Morgan fingerprint density at radius 3 is 2.76 bits per heavy atom. The third-order valence-electron chi connectivity index (χ3n) is 3.97. The van der Waals surface area contributed by atoms with E-state index in [-0.39, 0.29) is 11.6 Å². The second-order valence-corrected chi connectivity index (χ2v) is 6.15. The van der Waals surface area contributed by atoms with Crippen molar-refractivity contribution in [3.05, 3.63) is 22.4 Å². The highest BCUT2D eigenvalue weighted by atomic mass is 32.1. The second kappa shape index (κ2) is 5.51. The van der Waals surface area contributed by atoms with Crippen LogP contribution in [0.3, 0.4) is 0 Å². The smallest absolute Gasteiger partial charge is 0.0882 e. The van der Waals surface area contributed by atoms with E-state index in [4.69, 9.17) is 10.5 Å². The molecule has 1 saturated carbocycles. The first-order valence-corrected chi connectivity index (χ1v) is 7.49. The summed E-state index contributed by atoms with van der Waals surface area (Å²) in [5.74, 6) is 0.819. The molecule has 2 rings (SSSR count). The number of rotatable bonds is 4. The summed E-state index contributed by atoms with van der Waals surface area (Å²) in [6, 6.07) is 4.24. The van der Waals surface area contributed by atoms with Crippen molar-refractivity contribution in [2.24, 2.45) is 11.7 Å². The van der Waals surface area contributed by atoms with E-state index in [0.717, 1.165) is 25.4 Å². The molecule has 1 aromatic rings. The van der Waals surface area contributed by atoms with E-state index < -0.39 is 0 Å². The van der Waals surface area contributed by atoms with Gasteiger partial charge in [0.2, 0.25) is 0 Å². The van der Waals surface area contributed by atoms with Crippen LogP contribution >= 0.6 is 11.3 Å². The molecule has 0 radical (unpaired) electrons. The summed E-state index contributed by atoms with van der Waals surface area (Å²) in [6.45, 7) is 5.15. The molecule has 17 heavy (non-hydrogen) atoms.